The quantitative estimate of drug-likeness (QED) is 0.149. The van der Waals surface area contributed by atoms with Gasteiger partial charge in [0, 0.05) is 58.9 Å². The van der Waals surface area contributed by atoms with Crippen LogP contribution in [0.4, 0.5) is 0 Å². The zero-order valence-corrected chi connectivity index (χ0v) is 22.3. The number of aliphatic carboxylic acids is 5. The van der Waals surface area contributed by atoms with Gasteiger partial charge in [-0.3, -0.25) is 14.7 Å². The molecule has 0 saturated carbocycles. The molecule has 0 aliphatic carbocycles. The van der Waals surface area contributed by atoms with Crippen molar-refractivity contribution in [2.45, 2.75) is 0 Å². The van der Waals surface area contributed by atoms with Crippen LogP contribution in [0.25, 0.3) is 0 Å². The third-order valence-electron chi connectivity index (χ3n) is 3.23. The van der Waals surface area contributed by atoms with Gasteiger partial charge in [-0.05, 0) is 0 Å². The standard InChI is InChI=1S/C14H23N3O10.2Na.Yb/c18-10(19)5-15(1-3-16(6-11(20)21)7-12(22)23)2-4-17(8-13(24)25)9-14(26)27;;;/h1-9H2,(H,18,19)(H,20,21)(H,22,23)(H,24,25)(H,26,27);;;/q;2*+1;+3/p-5. The van der Waals surface area contributed by atoms with Gasteiger partial charge in [-0.15, -0.1) is 0 Å². The van der Waals surface area contributed by atoms with E-state index in [1.165, 1.54) is 4.90 Å². The van der Waals surface area contributed by atoms with Gasteiger partial charge in [0.25, 0.3) is 0 Å². The second kappa shape index (κ2) is 21.6. The molecule has 0 aromatic rings. The van der Waals surface area contributed by atoms with Crippen LogP contribution in [0.15, 0.2) is 0 Å². The average Bonchev–Trinajstić information content (AvgIpc) is 2.46. The van der Waals surface area contributed by atoms with Crippen LogP contribution in [-0.2, 0) is 24.0 Å². The Bertz CT molecular complexity index is 498. The molecule has 0 N–H and O–H groups in total. The molecular formula is C14H18N3Na2O10Yb. The van der Waals surface area contributed by atoms with Crippen molar-refractivity contribution >= 4 is 29.8 Å². The summed E-state index contributed by atoms with van der Waals surface area (Å²) < 4.78 is 0. The molecule has 0 atom stereocenters. The van der Waals surface area contributed by atoms with E-state index in [0.29, 0.717) is 0 Å². The van der Waals surface area contributed by atoms with Crippen LogP contribution >= 0.6 is 0 Å². The monoisotopic (exact) mass is 608 g/mol. The van der Waals surface area contributed by atoms with Crippen molar-refractivity contribution in [3.63, 3.8) is 0 Å². The molecule has 0 saturated heterocycles. The van der Waals surface area contributed by atoms with Gasteiger partial charge in [-0.25, -0.2) is 0 Å². The predicted molar refractivity (Wildman–Crippen MR) is 74.4 cm³/mol. The summed E-state index contributed by atoms with van der Waals surface area (Å²) in [6, 6.07) is 0. The number of nitrogens with zero attached hydrogens (tertiary/aromatic N) is 3. The van der Waals surface area contributed by atoms with E-state index in [2.05, 4.69) is 0 Å². The van der Waals surface area contributed by atoms with Crippen LogP contribution in [0.2, 0.25) is 0 Å². The number of carboxylic acid groups (broad SMARTS) is 5. The first-order chi connectivity index (χ1) is 12.5. The van der Waals surface area contributed by atoms with Gasteiger partial charge in [0.15, 0.2) is 0 Å². The van der Waals surface area contributed by atoms with E-state index in [-0.39, 0.29) is 132 Å². The number of carbonyl (C=O) groups is 5. The van der Waals surface area contributed by atoms with E-state index >= 15 is 0 Å². The molecule has 0 spiro atoms. The molecule has 0 aromatic carbocycles. The van der Waals surface area contributed by atoms with Crippen molar-refractivity contribution in [3.05, 3.63) is 0 Å². The fourth-order valence-electron chi connectivity index (χ4n) is 2.18. The molecule has 16 heteroatoms. The van der Waals surface area contributed by atoms with Crippen LogP contribution in [0, 0.1) is 46.9 Å². The number of hydrogen-bond donors (Lipinski definition) is 0. The third kappa shape index (κ3) is 23.4. The summed E-state index contributed by atoms with van der Waals surface area (Å²) in [6.07, 6.45) is 0. The van der Waals surface area contributed by atoms with Crippen LogP contribution in [-0.4, -0.2) is 103 Å². The molecule has 0 aromatic heterocycles. The first kappa shape index (κ1) is 38.0. The average molecular weight is 607 g/mol. The smallest absolute Gasteiger partial charge is 0.549 e. The molecular weight excluding hydrogens is 589 g/mol. The van der Waals surface area contributed by atoms with Gasteiger partial charge < -0.3 is 49.5 Å². The van der Waals surface area contributed by atoms with Crippen LogP contribution in [0.1, 0.15) is 0 Å². The number of hydrogen-bond acceptors (Lipinski definition) is 13. The van der Waals surface area contributed by atoms with Gasteiger partial charge in [-0.2, -0.15) is 0 Å². The van der Waals surface area contributed by atoms with Crippen molar-refractivity contribution in [1.82, 2.24) is 14.7 Å². The molecule has 0 aliphatic rings. The van der Waals surface area contributed by atoms with Gasteiger partial charge in [0.2, 0.25) is 0 Å². The number of carboxylic acids is 5. The second-order valence-electron chi connectivity index (χ2n) is 5.56. The molecule has 0 bridgehead atoms. The summed E-state index contributed by atoms with van der Waals surface area (Å²) in [6.45, 7) is -4.16. The Balaban J connectivity index is -0.00000113. The van der Waals surface area contributed by atoms with Crippen LogP contribution in [0.5, 0.6) is 0 Å². The summed E-state index contributed by atoms with van der Waals surface area (Å²) in [4.78, 5) is 56.4. The first-order valence-corrected chi connectivity index (χ1v) is 7.66. The second-order valence-corrected chi connectivity index (χ2v) is 5.56. The van der Waals surface area contributed by atoms with Crippen LogP contribution < -0.4 is 84.6 Å². The van der Waals surface area contributed by atoms with E-state index in [0.717, 1.165) is 9.80 Å². The summed E-state index contributed by atoms with van der Waals surface area (Å²) >= 11 is 0. The summed E-state index contributed by atoms with van der Waals surface area (Å²) in [5, 5.41) is 53.3. The SMILES string of the molecule is O=C([O-])CN(CCN(CC(=O)[O-])CC(=O)[O-])CCN(CC(=O)[O-])CC(=O)[O-].[Na+].[Na+].[Yb+3]. The maximum Gasteiger partial charge on any atom is 3.00 e. The summed E-state index contributed by atoms with van der Waals surface area (Å²) in [5.41, 5.74) is 0. The molecule has 30 heavy (non-hydrogen) atoms. The minimum absolute atomic E-state index is 0. The third-order valence-corrected chi connectivity index (χ3v) is 3.23. The van der Waals surface area contributed by atoms with Crippen molar-refractivity contribution in [2.75, 3.05) is 58.9 Å². The molecule has 0 unspecified atom stereocenters. The molecule has 0 rings (SSSR count). The van der Waals surface area contributed by atoms with Crippen molar-refractivity contribution < 1.29 is 156 Å². The van der Waals surface area contributed by atoms with Gasteiger partial charge >= 0.3 is 106 Å². The Morgan fingerprint density at radius 2 is 0.600 bits per heavy atom. The Morgan fingerprint density at radius 1 is 0.433 bits per heavy atom. The maximum atomic E-state index is 10.8. The molecule has 1 radical (unpaired) electrons. The largest absolute Gasteiger partial charge is 3.00 e. The predicted octanol–water partition coefficient (Wildman–Crippen LogP) is -15.4. The summed E-state index contributed by atoms with van der Waals surface area (Å²) in [5.74, 6) is -7.67. The Hall–Kier alpha value is 0.749. The minimum Gasteiger partial charge on any atom is -0.549 e. The fourth-order valence-corrected chi connectivity index (χ4v) is 2.18. The molecule has 0 heterocycles. The zero-order chi connectivity index (χ0) is 21.0. The van der Waals surface area contributed by atoms with Gasteiger partial charge in [0.1, 0.15) is 0 Å². The molecule has 13 nitrogen and oxygen atoms in total. The van der Waals surface area contributed by atoms with E-state index in [9.17, 15) is 49.5 Å². The van der Waals surface area contributed by atoms with Crippen LogP contribution in [0.3, 0.4) is 0 Å². The topological polar surface area (TPSA) is 210 Å². The van der Waals surface area contributed by atoms with Crippen molar-refractivity contribution in [1.29, 1.82) is 0 Å². The zero-order valence-electron chi connectivity index (χ0n) is 16.6. The molecule has 165 valence electrons. The fraction of sp³-hybridized carbons (Fsp3) is 0.643. The van der Waals surface area contributed by atoms with Crippen molar-refractivity contribution in [3.8, 4) is 0 Å². The first-order valence-electron chi connectivity index (χ1n) is 7.66. The van der Waals surface area contributed by atoms with Crippen molar-refractivity contribution in [2.24, 2.45) is 0 Å². The Kier molecular flexibility index (Phi) is 27.4. The van der Waals surface area contributed by atoms with E-state index in [1.54, 1.807) is 0 Å². The van der Waals surface area contributed by atoms with E-state index in [4.69, 9.17) is 0 Å². The van der Waals surface area contributed by atoms with E-state index < -0.39 is 62.6 Å². The minimum atomic E-state index is -1.54. The molecule has 0 aliphatic heterocycles. The Morgan fingerprint density at radius 3 is 0.800 bits per heavy atom. The number of carbonyl (C=O) groups excluding carboxylic acids is 5. The number of rotatable bonds is 16. The normalized spacial score (nSPS) is 9.97. The Labute approximate surface area is 255 Å². The van der Waals surface area contributed by atoms with Gasteiger partial charge in [-0.1, -0.05) is 0 Å². The van der Waals surface area contributed by atoms with Gasteiger partial charge in [0.05, 0.1) is 29.8 Å². The molecule has 0 amide bonds. The van der Waals surface area contributed by atoms with E-state index in [1.807, 2.05) is 0 Å². The molecule has 0 fully saturated rings. The maximum absolute atomic E-state index is 10.8. The summed E-state index contributed by atoms with van der Waals surface area (Å²) in [7, 11) is 0.